The average molecular weight is 1150 g/mol. The van der Waals surface area contributed by atoms with Gasteiger partial charge in [-0.05, 0) is 158 Å². The van der Waals surface area contributed by atoms with Gasteiger partial charge >= 0.3 is 98.3 Å². The molecule has 12 bridgehead atoms. The molecule has 0 aliphatic heterocycles. The Balaban J connectivity index is 0.000000206. The van der Waals surface area contributed by atoms with Crippen LogP contribution in [0.25, 0.3) is 0 Å². The molecule has 0 radical (unpaired) electrons. The SMILES string of the molecule is O=C(O)C12CC3CC(CC(O)(C3)C1)C2.O=C(OC[C-](F)F)C12CC3CC(CC(O)(C3)C1)C2.O=C(n1ccnc1)C12CC3CC(CC(O)(C3)C1)C2.O=C(n1ccnc1)n1ccnc1.O=S(=O)=O.O=S(=O)=O.OC[C-](F)F.[Na+].[Na+]. The van der Waals surface area contributed by atoms with E-state index in [9.17, 15) is 57.2 Å². The van der Waals surface area contributed by atoms with Gasteiger partial charge in [-0.25, -0.2) is 19.7 Å². The maximum Gasteiger partial charge on any atom is 1.00 e. The summed E-state index contributed by atoms with van der Waals surface area (Å²) in [5.41, 5.74) is -3.56. The number of halogens is 4. The fourth-order valence-electron chi connectivity index (χ4n) is 15.2. The van der Waals surface area contributed by atoms with E-state index < -0.39 is 86.9 Å². The minimum Gasteiger partial charge on any atom is -0.493 e. The number of ether oxygens (including phenoxy) is 1. The second kappa shape index (κ2) is 27.4. The van der Waals surface area contributed by atoms with Gasteiger partial charge in [0.05, 0.1) is 33.0 Å². The first-order valence-corrected chi connectivity index (χ1v) is 26.2. The van der Waals surface area contributed by atoms with Gasteiger partial charge in [-0.15, -0.1) is 25.3 Å². The summed E-state index contributed by atoms with van der Waals surface area (Å²) in [6.45, 7) is -2.02. The molecule has 12 fully saturated rings. The number of carbonyl (C=O) groups excluding carboxylic acids is 3. The van der Waals surface area contributed by atoms with E-state index in [1.165, 1.54) is 28.2 Å². The van der Waals surface area contributed by atoms with Gasteiger partial charge in [-0.3, -0.25) is 28.1 Å². The van der Waals surface area contributed by atoms with Gasteiger partial charge < -0.3 is 47.8 Å². The maximum absolute atomic E-state index is 12.7. The van der Waals surface area contributed by atoms with Crippen LogP contribution in [0, 0.1) is 64.6 Å². The van der Waals surface area contributed by atoms with Gasteiger partial charge in [-0.1, -0.05) is 0 Å². The van der Waals surface area contributed by atoms with Gasteiger partial charge in [0.15, 0.2) is 0 Å². The van der Waals surface area contributed by atoms with Crippen molar-refractivity contribution in [3.63, 3.8) is 0 Å². The Hall–Kier alpha value is -3.29. The molecule has 22 nitrogen and oxygen atoms in total. The first-order valence-electron chi connectivity index (χ1n) is 24.2. The molecule has 6 unspecified atom stereocenters. The zero-order valence-electron chi connectivity index (χ0n) is 42.5. The number of hydrogen-bond acceptors (Lipinski definition) is 18. The minimum absolute atomic E-state index is 0. The Kier molecular flexibility index (Phi) is 23.6. The first-order chi connectivity index (χ1) is 35.1. The zero-order valence-corrected chi connectivity index (χ0v) is 48.2. The number of hydrogen-bond donors (Lipinski definition) is 5. The van der Waals surface area contributed by atoms with E-state index in [1.807, 2.05) is 0 Å². The van der Waals surface area contributed by atoms with Crippen LogP contribution in [0.3, 0.4) is 0 Å². The maximum atomic E-state index is 12.7. The van der Waals surface area contributed by atoms with Crippen LogP contribution in [-0.4, -0.2) is 133 Å². The van der Waals surface area contributed by atoms with Crippen LogP contribution in [0.5, 0.6) is 0 Å². The summed E-state index contributed by atoms with van der Waals surface area (Å²) in [4.78, 5) is 59.0. The average Bonchev–Trinajstić information content (AvgIpc) is 4.12. The van der Waals surface area contributed by atoms with Crippen molar-refractivity contribution in [2.24, 2.45) is 51.8 Å². The van der Waals surface area contributed by atoms with Crippen molar-refractivity contribution in [3.05, 3.63) is 69.0 Å². The van der Waals surface area contributed by atoms with Crippen molar-refractivity contribution in [1.82, 2.24) is 28.7 Å². The molecule has 12 aliphatic rings. The second-order valence-corrected chi connectivity index (χ2v) is 22.8. The van der Waals surface area contributed by atoms with E-state index in [0.29, 0.717) is 67.6 Å². The molecule has 5 N–H and O–H groups in total. The van der Waals surface area contributed by atoms with Crippen molar-refractivity contribution in [2.45, 2.75) is 132 Å². The van der Waals surface area contributed by atoms with Crippen molar-refractivity contribution in [3.8, 4) is 0 Å². The van der Waals surface area contributed by atoms with Gasteiger partial charge in [0.1, 0.15) is 19.0 Å². The number of esters is 1. The van der Waals surface area contributed by atoms with Gasteiger partial charge in [0.25, 0.3) is 0 Å². The molecule has 0 spiro atoms. The van der Waals surface area contributed by atoms with E-state index in [2.05, 4.69) is 15.0 Å². The summed E-state index contributed by atoms with van der Waals surface area (Å²) in [6, 6.07) is -0.190. The number of aromatic nitrogens is 6. The number of aliphatic hydroxyl groups is 4. The van der Waals surface area contributed by atoms with Crippen LogP contribution in [0.2, 0.25) is 0 Å². The van der Waals surface area contributed by atoms with E-state index >= 15 is 0 Å². The number of nitrogens with zero attached hydrogens (tertiary/aromatic N) is 6. The molecule has 77 heavy (non-hydrogen) atoms. The quantitative estimate of drug-likeness (QED) is 0.0816. The van der Waals surface area contributed by atoms with Gasteiger partial charge in [-0.2, -0.15) is 0 Å². The summed E-state index contributed by atoms with van der Waals surface area (Å²) in [7, 11) is -6.22. The number of rotatable bonds is 6. The number of aliphatic hydroxyl groups excluding tert-OH is 1. The summed E-state index contributed by atoms with van der Waals surface area (Å²) in [5.74, 6) is 1.66. The number of carboxylic acid groups (broad SMARTS) is 1. The number of imidazole rings is 3. The van der Waals surface area contributed by atoms with E-state index in [-0.39, 0.29) is 76.5 Å². The van der Waals surface area contributed by atoms with Crippen molar-refractivity contribution >= 4 is 45.1 Å². The first kappa shape index (κ1) is 66.2. The van der Waals surface area contributed by atoms with Crippen LogP contribution >= 0.6 is 0 Å². The molecule has 6 atom stereocenters. The predicted octanol–water partition coefficient (Wildman–Crippen LogP) is -1.45. The Morgan fingerprint density at radius 2 is 0.831 bits per heavy atom. The van der Waals surface area contributed by atoms with Crippen LogP contribution in [0.4, 0.5) is 22.4 Å². The molecular formula is C47H60F4N6Na2O16S2. The van der Waals surface area contributed by atoms with Crippen molar-refractivity contribution in [2.75, 3.05) is 13.2 Å². The van der Waals surface area contributed by atoms with Crippen molar-refractivity contribution in [1.29, 1.82) is 0 Å². The molecule has 12 saturated carbocycles. The standard InChI is InChI=1S/C14H18N2O2.C13H17F2O3.C11H16O3.C7H6N4O.C2H3F2O.2Na.2O3S/c17-12(16-2-1-15-9-16)13-4-10-3-11(5-13)7-14(18,6-10)8-13;14-10(15)6-18-11(16)12-2-8-1-9(3-12)5-13(17,4-8)7-12;12-9(13)10-2-7-1-8(3-10)5-11(14,4-7)6-10;12-7(10-3-1-8-5-10)11-4-2-9-6-11;3-2(4)1-5;;;2*1-4(2)3/h1-2,9-11,18H,3-8H2;8-9,17H,1-7H2;7-8,14H,1-6H2,(H,12,13);1-6H;5H,1H2;;;;/q;-1;;;-1;2*+1;;. The number of carboxylic acids is 1. The van der Waals surface area contributed by atoms with E-state index in [1.54, 1.807) is 48.1 Å². The van der Waals surface area contributed by atoms with Crippen LogP contribution in [-0.2, 0) is 35.5 Å². The third-order valence-electron chi connectivity index (χ3n) is 16.1. The third kappa shape index (κ3) is 17.4. The zero-order chi connectivity index (χ0) is 55.1. The molecule has 3 aromatic rings. The van der Waals surface area contributed by atoms with E-state index in [4.69, 9.17) is 35.1 Å². The molecule has 0 aromatic carbocycles. The molecule has 0 saturated heterocycles. The molecule has 15 rings (SSSR count). The molecule has 3 aromatic heterocycles. The Labute approximate surface area is 487 Å². The minimum atomic E-state index is -3.11. The topological polar surface area (TPSA) is 335 Å². The van der Waals surface area contributed by atoms with Crippen molar-refractivity contribution < 1.29 is 151 Å². The number of aliphatic carboxylic acids is 1. The Bertz CT molecular complexity index is 2570. The third-order valence-corrected chi connectivity index (χ3v) is 16.1. The summed E-state index contributed by atoms with van der Waals surface area (Å²) >= 11 is 0. The molecule has 0 amide bonds. The van der Waals surface area contributed by atoms with Crippen LogP contribution in [0.1, 0.15) is 120 Å². The van der Waals surface area contributed by atoms with E-state index in [0.717, 1.165) is 77.0 Å². The molecular weight excluding hydrogens is 1090 g/mol. The van der Waals surface area contributed by atoms with Gasteiger partial charge in [0.2, 0.25) is 5.91 Å². The monoisotopic (exact) mass is 1150 g/mol. The predicted molar refractivity (Wildman–Crippen MR) is 246 cm³/mol. The molecule has 30 heteroatoms. The normalized spacial score (nSPS) is 34.1. The smallest absolute Gasteiger partial charge is 0.493 e. The number of carbonyl (C=O) groups is 4. The summed E-state index contributed by atoms with van der Waals surface area (Å²) in [5, 5.41) is 48.0. The fourth-order valence-corrected chi connectivity index (χ4v) is 15.2. The molecule has 12 aliphatic carbocycles. The van der Waals surface area contributed by atoms with Crippen LogP contribution in [0.15, 0.2) is 56.2 Å². The second-order valence-electron chi connectivity index (χ2n) is 22.0. The summed E-state index contributed by atoms with van der Waals surface area (Å²) in [6.07, 6.45) is 25.2. The molecule has 3 heterocycles. The summed E-state index contributed by atoms with van der Waals surface area (Å²) < 4.78 is 105. The van der Waals surface area contributed by atoms with Gasteiger partial charge in [0, 0.05) is 56.6 Å². The Morgan fingerprint density at radius 1 is 0.532 bits per heavy atom. The molecule has 416 valence electrons. The fraction of sp³-hybridized carbons (Fsp3) is 0.681. The largest absolute Gasteiger partial charge is 1.00 e. The Morgan fingerprint density at radius 3 is 1.12 bits per heavy atom. The van der Waals surface area contributed by atoms with Crippen LogP contribution < -0.4 is 59.1 Å².